The van der Waals surface area contributed by atoms with Crippen LogP contribution in [-0.2, 0) is 14.8 Å². The molecule has 3 rings (SSSR count). The zero-order chi connectivity index (χ0) is 22.3. The van der Waals surface area contributed by atoms with E-state index in [1.54, 1.807) is 43.3 Å². The smallest absolute Gasteiger partial charge is 0.251 e. The molecule has 0 fully saturated rings. The summed E-state index contributed by atoms with van der Waals surface area (Å²) in [7, 11) is -3.36. The lowest BCUT2D eigenvalue weighted by molar-refractivity contribution is -0.115. The molecule has 3 N–H and O–H groups in total. The van der Waals surface area contributed by atoms with Gasteiger partial charge in [-0.15, -0.1) is 0 Å². The standard InChI is InChI=1S/C23H23N3O4S/c1-2-31(29,30)26-21-14-12-20(13-15-21)25-22(27)16-24-23(28)19-10-8-18(9-11-19)17-6-4-3-5-7-17/h3-15,26H,2,16H2,1H3,(H,24,28)(H,25,27). The Hall–Kier alpha value is -3.65. The molecule has 0 aliphatic carbocycles. The number of nitrogens with one attached hydrogen (secondary N) is 3. The fourth-order valence-corrected chi connectivity index (χ4v) is 3.43. The molecule has 160 valence electrons. The van der Waals surface area contributed by atoms with Gasteiger partial charge in [0.2, 0.25) is 15.9 Å². The van der Waals surface area contributed by atoms with Gasteiger partial charge in [-0.05, 0) is 54.4 Å². The largest absolute Gasteiger partial charge is 0.343 e. The highest BCUT2D eigenvalue weighted by molar-refractivity contribution is 7.92. The van der Waals surface area contributed by atoms with E-state index in [1.165, 1.54) is 0 Å². The summed E-state index contributed by atoms with van der Waals surface area (Å²) >= 11 is 0. The van der Waals surface area contributed by atoms with Crippen LogP contribution in [-0.4, -0.2) is 32.5 Å². The summed E-state index contributed by atoms with van der Waals surface area (Å²) in [6.07, 6.45) is 0. The van der Waals surface area contributed by atoms with Crippen molar-refractivity contribution in [1.29, 1.82) is 0 Å². The molecule has 31 heavy (non-hydrogen) atoms. The number of carbonyl (C=O) groups excluding carboxylic acids is 2. The van der Waals surface area contributed by atoms with Crippen LogP contribution in [0.5, 0.6) is 0 Å². The van der Waals surface area contributed by atoms with Crippen LogP contribution < -0.4 is 15.4 Å². The molecular formula is C23H23N3O4S. The van der Waals surface area contributed by atoms with Crippen molar-refractivity contribution in [3.05, 3.63) is 84.4 Å². The minimum atomic E-state index is -3.36. The van der Waals surface area contributed by atoms with Gasteiger partial charge in [0.1, 0.15) is 0 Å². The van der Waals surface area contributed by atoms with E-state index in [0.717, 1.165) is 11.1 Å². The number of amides is 2. The van der Waals surface area contributed by atoms with E-state index in [0.29, 0.717) is 16.9 Å². The summed E-state index contributed by atoms with van der Waals surface area (Å²) in [4.78, 5) is 24.4. The Balaban J connectivity index is 1.50. The molecule has 0 unspecified atom stereocenters. The Morgan fingerprint density at radius 2 is 1.35 bits per heavy atom. The Bertz CT molecular complexity index is 1140. The average molecular weight is 438 g/mol. The highest BCUT2D eigenvalue weighted by Gasteiger charge is 2.10. The van der Waals surface area contributed by atoms with Gasteiger partial charge in [-0.25, -0.2) is 8.42 Å². The van der Waals surface area contributed by atoms with E-state index in [-0.39, 0.29) is 18.2 Å². The number of hydrogen-bond donors (Lipinski definition) is 3. The summed E-state index contributed by atoms with van der Waals surface area (Å²) in [6.45, 7) is 1.35. The highest BCUT2D eigenvalue weighted by Crippen LogP contribution is 2.19. The van der Waals surface area contributed by atoms with Gasteiger partial charge in [0.05, 0.1) is 12.3 Å². The second kappa shape index (κ2) is 9.90. The van der Waals surface area contributed by atoms with Gasteiger partial charge in [0, 0.05) is 16.9 Å². The van der Waals surface area contributed by atoms with Crippen LogP contribution in [0.3, 0.4) is 0 Å². The van der Waals surface area contributed by atoms with Crippen molar-refractivity contribution in [2.45, 2.75) is 6.92 Å². The fraction of sp³-hybridized carbons (Fsp3) is 0.130. The molecule has 3 aromatic rings. The zero-order valence-electron chi connectivity index (χ0n) is 17.0. The molecule has 0 aliphatic rings. The summed E-state index contributed by atoms with van der Waals surface area (Å²) in [5.74, 6) is -0.768. The summed E-state index contributed by atoms with van der Waals surface area (Å²) in [5.41, 5.74) is 3.42. The summed E-state index contributed by atoms with van der Waals surface area (Å²) < 4.78 is 25.6. The third-order valence-electron chi connectivity index (χ3n) is 4.49. The van der Waals surface area contributed by atoms with E-state index in [9.17, 15) is 18.0 Å². The molecule has 0 heterocycles. The molecular weight excluding hydrogens is 414 g/mol. The van der Waals surface area contributed by atoms with Gasteiger partial charge >= 0.3 is 0 Å². The van der Waals surface area contributed by atoms with E-state index < -0.39 is 15.9 Å². The Labute approximate surface area is 181 Å². The van der Waals surface area contributed by atoms with Crippen LogP contribution in [0, 0.1) is 0 Å². The van der Waals surface area contributed by atoms with Crippen molar-refractivity contribution in [3.63, 3.8) is 0 Å². The lowest BCUT2D eigenvalue weighted by Gasteiger charge is -2.09. The number of hydrogen-bond acceptors (Lipinski definition) is 4. The first-order valence-corrected chi connectivity index (χ1v) is 11.4. The number of anilines is 2. The molecule has 0 aliphatic heterocycles. The highest BCUT2D eigenvalue weighted by atomic mass is 32.2. The molecule has 0 radical (unpaired) electrons. The molecule has 3 aromatic carbocycles. The SMILES string of the molecule is CCS(=O)(=O)Nc1ccc(NC(=O)CNC(=O)c2ccc(-c3ccccc3)cc2)cc1. The fourth-order valence-electron chi connectivity index (χ4n) is 2.79. The molecule has 0 saturated carbocycles. The van der Waals surface area contributed by atoms with E-state index >= 15 is 0 Å². The van der Waals surface area contributed by atoms with Gasteiger partial charge in [-0.2, -0.15) is 0 Å². The van der Waals surface area contributed by atoms with E-state index in [2.05, 4.69) is 15.4 Å². The Morgan fingerprint density at radius 3 is 1.97 bits per heavy atom. The molecule has 8 heteroatoms. The normalized spacial score (nSPS) is 10.9. The number of benzene rings is 3. The molecule has 0 atom stereocenters. The molecule has 0 aromatic heterocycles. The molecule has 2 amide bonds. The van der Waals surface area contributed by atoms with E-state index in [1.807, 2.05) is 42.5 Å². The molecule has 0 saturated heterocycles. The maximum Gasteiger partial charge on any atom is 0.251 e. The topological polar surface area (TPSA) is 104 Å². The number of sulfonamides is 1. The second-order valence-corrected chi connectivity index (χ2v) is 8.77. The predicted molar refractivity (Wildman–Crippen MR) is 122 cm³/mol. The van der Waals surface area contributed by atoms with Gasteiger partial charge in [-0.1, -0.05) is 42.5 Å². The quantitative estimate of drug-likeness (QED) is 0.502. The monoisotopic (exact) mass is 437 g/mol. The maximum atomic E-state index is 12.3. The van der Waals surface area contributed by atoms with Gasteiger partial charge < -0.3 is 10.6 Å². The van der Waals surface area contributed by atoms with Crippen molar-refractivity contribution in [1.82, 2.24) is 5.32 Å². The Kier molecular flexibility index (Phi) is 7.04. The van der Waals surface area contributed by atoms with Crippen molar-refractivity contribution in [2.75, 3.05) is 22.3 Å². The van der Waals surface area contributed by atoms with Crippen LogP contribution in [0.2, 0.25) is 0 Å². The first-order chi connectivity index (χ1) is 14.9. The zero-order valence-corrected chi connectivity index (χ0v) is 17.8. The summed E-state index contributed by atoms with van der Waals surface area (Å²) in [5, 5.41) is 5.24. The van der Waals surface area contributed by atoms with Gasteiger partial charge in [-0.3, -0.25) is 14.3 Å². The number of carbonyl (C=O) groups is 2. The van der Waals surface area contributed by atoms with Crippen molar-refractivity contribution < 1.29 is 18.0 Å². The molecule has 0 spiro atoms. The third-order valence-corrected chi connectivity index (χ3v) is 5.79. The lowest BCUT2D eigenvalue weighted by Crippen LogP contribution is -2.32. The Morgan fingerprint density at radius 1 is 0.774 bits per heavy atom. The van der Waals surface area contributed by atoms with Crippen LogP contribution in [0.4, 0.5) is 11.4 Å². The third kappa shape index (κ3) is 6.42. The van der Waals surface area contributed by atoms with Gasteiger partial charge in [0.15, 0.2) is 0 Å². The molecule has 0 bridgehead atoms. The molecule has 7 nitrogen and oxygen atoms in total. The lowest BCUT2D eigenvalue weighted by atomic mass is 10.0. The van der Waals surface area contributed by atoms with Crippen LogP contribution in [0.15, 0.2) is 78.9 Å². The maximum absolute atomic E-state index is 12.3. The predicted octanol–water partition coefficient (Wildman–Crippen LogP) is 3.48. The van der Waals surface area contributed by atoms with Crippen LogP contribution in [0.25, 0.3) is 11.1 Å². The second-order valence-electron chi connectivity index (χ2n) is 6.76. The minimum Gasteiger partial charge on any atom is -0.343 e. The van der Waals surface area contributed by atoms with Crippen LogP contribution >= 0.6 is 0 Å². The van der Waals surface area contributed by atoms with Crippen molar-refractivity contribution >= 4 is 33.2 Å². The van der Waals surface area contributed by atoms with Crippen molar-refractivity contribution in [3.8, 4) is 11.1 Å². The number of rotatable bonds is 8. The first kappa shape index (κ1) is 22.0. The van der Waals surface area contributed by atoms with Crippen LogP contribution in [0.1, 0.15) is 17.3 Å². The first-order valence-electron chi connectivity index (χ1n) is 9.70. The van der Waals surface area contributed by atoms with E-state index in [4.69, 9.17) is 0 Å². The average Bonchev–Trinajstić information content (AvgIpc) is 2.79. The minimum absolute atomic E-state index is 0.0276. The summed E-state index contributed by atoms with van der Waals surface area (Å²) in [6, 6.07) is 23.2. The van der Waals surface area contributed by atoms with Crippen molar-refractivity contribution in [2.24, 2.45) is 0 Å². The van der Waals surface area contributed by atoms with Gasteiger partial charge in [0.25, 0.3) is 5.91 Å².